The second-order valence-corrected chi connectivity index (χ2v) is 7.48. The van der Waals surface area contributed by atoms with E-state index in [2.05, 4.69) is 43.6 Å². The van der Waals surface area contributed by atoms with Crippen LogP contribution in [0.25, 0.3) is 5.57 Å². The topological polar surface area (TPSA) is 66.0 Å². The molecule has 0 saturated carbocycles. The number of nitrogens with one attached hydrogen (secondary N) is 1. The third-order valence-electron chi connectivity index (χ3n) is 4.14. The molecule has 0 amide bonds. The molecule has 0 aliphatic heterocycles. The van der Waals surface area contributed by atoms with Gasteiger partial charge in [-0.25, -0.2) is 4.39 Å². The van der Waals surface area contributed by atoms with Gasteiger partial charge < -0.3 is 9.90 Å². The number of aromatic amines is 1. The molecule has 5 heteroatoms. The maximum Gasteiger partial charge on any atom is 0.165 e. The molecule has 0 spiro atoms. The molecule has 1 aromatic heterocycles. The third kappa shape index (κ3) is 15.5. The molecule has 33 heavy (non-hydrogen) atoms. The number of hydrogen-bond acceptors (Lipinski definition) is 3. The summed E-state index contributed by atoms with van der Waals surface area (Å²) in [6, 6.07) is 6.36. The molecule has 4 nitrogen and oxygen atoms in total. The minimum Gasteiger partial charge on any atom is -0.505 e. The van der Waals surface area contributed by atoms with Crippen molar-refractivity contribution in [3.05, 3.63) is 77.9 Å². The summed E-state index contributed by atoms with van der Waals surface area (Å²) in [7, 11) is 0. The fourth-order valence-corrected chi connectivity index (χ4v) is 2.35. The smallest absolute Gasteiger partial charge is 0.165 e. The molecule has 0 aliphatic rings. The first-order chi connectivity index (χ1) is 15.7. The SMILES string of the molecule is C=C/C=C(\C=C/C)c1cc(C(C)C)[nH]n1.CC.CCCCC(C)=O.Cc1ccc(O)c(F)c1. The van der Waals surface area contributed by atoms with E-state index in [9.17, 15) is 9.18 Å². The molecule has 0 saturated heterocycles. The van der Waals surface area contributed by atoms with Crippen molar-refractivity contribution in [2.75, 3.05) is 0 Å². The highest BCUT2D eigenvalue weighted by molar-refractivity contribution is 5.75. The number of halogens is 1. The number of nitrogens with zero attached hydrogens (tertiary/aromatic N) is 1. The van der Waals surface area contributed by atoms with Crippen molar-refractivity contribution >= 4 is 11.4 Å². The number of aromatic hydroxyl groups is 1. The van der Waals surface area contributed by atoms with Crippen molar-refractivity contribution < 1.29 is 14.3 Å². The lowest BCUT2D eigenvalue weighted by molar-refractivity contribution is -0.117. The van der Waals surface area contributed by atoms with Crippen molar-refractivity contribution in [2.45, 2.75) is 80.6 Å². The number of unbranched alkanes of at least 4 members (excludes halogenated alkanes) is 1. The summed E-state index contributed by atoms with van der Waals surface area (Å²) in [5, 5.41) is 16.0. The van der Waals surface area contributed by atoms with Gasteiger partial charge >= 0.3 is 0 Å². The van der Waals surface area contributed by atoms with Gasteiger partial charge in [0.15, 0.2) is 11.6 Å². The van der Waals surface area contributed by atoms with E-state index in [1.165, 1.54) is 12.1 Å². The Hall–Kier alpha value is -2.95. The number of phenolic OH excluding ortho intramolecular Hbond substituents is 1. The second kappa shape index (κ2) is 19.7. The lowest BCUT2D eigenvalue weighted by atomic mass is 10.1. The average Bonchev–Trinajstić information content (AvgIpc) is 3.28. The summed E-state index contributed by atoms with van der Waals surface area (Å²) in [6.45, 7) is 19.5. The van der Waals surface area contributed by atoms with Gasteiger partial charge in [-0.1, -0.05) is 78.0 Å². The Morgan fingerprint density at radius 2 is 1.91 bits per heavy atom. The van der Waals surface area contributed by atoms with Gasteiger partial charge in [-0.3, -0.25) is 5.10 Å². The first-order valence-electron chi connectivity index (χ1n) is 11.6. The first kappa shape index (κ1) is 32.2. The molecule has 0 fully saturated rings. The Morgan fingerprint density at radius 1 is 1.27 bits per heavy atom. The van der Waals surface area contributed by atoms with Gasteiger partial charge in [0.05, 0.1) is 5.69 Å². The number of rotatable bonds is 7. The standard InChI is InChI=1S/C13H18N2.C7H7FO.C6H12O.C2H6/c1-5-7-11(8-6-2)13-9-12(10(3)4)14-15-13;1-5-2-3-7(9)6(8)4-5;1-3-4-5-6(2)7;1-2/h5-10H,1H2,2-4H3,(H,14,15);2-4,9H,1H3;3-5H2,1-2H3;1-2H3/b8-6-,11-7+;;;. The largest absolute Gasteiger partial charge is 0.505 e. The number of allylic oxidation sites excluding steroid dienone is 5. The Balaban J connectivity index is 0. The molecule has 2 rings (SSSR count). The number of aryl methyl sites for hydroxylation is 1. The number of H-pyrrole nitrogens is 1. The Labute approximate surface area is 200 Å². The van der Waals surface area contributed by atoms with Crippen molar-refractivity contribution in [2.24, 2.45) is 0 Å². The lowest BCUT2D eigenvalue weighted by Gasteiger charge is -1.97. The number of aromatic nitrogens is 2. The molecule has 184 valence electrons. The number of benzene rings is 1. The zero-order chi connectivity index (χ0) is 25.8. The molecular weight excluding hydrogens is 415 g/mol. The summed E-state index contributed by atoms with van der Waals surface area (Å²) >= 11 is 0. The zero-order valence-electron chi connectivity index (χ0n) is 21.7. The summed E-state index contributed by atoms with van der Waals surface area (Å²) in [4.78, 5) is 10.2. The van der Waals surface area contributed by atoms with E-state index in [4.69, 9.17) is 5.11 Å². The van der Waals surface area contributed by atoms with Crippen LogP contribution >= 0.6 is 0 Å². The number of carbonyl (C=O) groups is 1. The van der Waals surface area contributed by atoms with E-state index in [1.54, 1.807) is 26.0 Å². The predicted molar refractivity (Wildman–Crippen MR) is 140 cm³/mol. The number of phenols is 1. The minimum absolute atomic E-state index is 0.291. The molecule has 0 atom stereocenters. The van der Waals surface area contributed by atoms with Gasteiger partial charge in [-0.15, -0.1) is 0 Å². The van der Waals surface area contributed by atoms with Crippen LogP contribution in [0.5, 0.6) is 5.75 Å². The highest BCUT2D eigenvalue weighted by atomic mass is 19.1. The van der Waals surface area contributed by atoms with Crippen molar-refractivity contribution in [1.82, 2.24) is 10.2 Å². The lowest BCUT2D eigenvalue weighted by Crippen LogP contribution is -1.86. The van der Waals surface area contributed by atoms with Crippen molar-refractivity contribution in [3.8, 4) is 5.75 Å². The number of carbonyl (C=O) groups excluding carboxylic acids is 1. The van der Waals surface area contributed by atoms with Crippen LogP contribution in [-0.2, 0) is 4.79 Å². The van der Waals surface area contributed by atoms with Crippen LogP contribution in [0, 0.1) is 12.7 Å². The van der Waals surface area contributed by atoms with Gasteiger partial charge in [0, 0.05) is 17.7 Å². The first-order valence-corrected chi connectivity index (χ1v) is 11.6. The van der Waals surface area contributed by atoms with E-state index >= 15 is 0 Å². The van der Waals surface area contributed by atoms with E-state index < -0.39 is 5.82 Å². The summed E-state index contributed by atoms with van der Waals surface area (Å²) < 4.78 is 12.3. The quantitative estimate of drug-likeness (QED) is 0.410. The fourth-order valence-electron chi connectivity index (χ4n) is 2.35. The Bertz CT molecular complexity index is 865. The van der Waals surface area contributed by atoms with Crippen LogP contribution in [0.4, 0.5) is 4.39 Å². The minimum atomic E-state index is -0.560. The van der Waals surface area contributed by atoms with Crippen LogP contribution in [0.15, 0.2) is 55.1 Å². The highest BCUT2D eigenvalue weighted by Crippen LogP contribution is 2.19. The van der Waals surface area contributed by atoms with Crippen molar-refractivity contribution in [3.63, 3.8) is 0 Å². The molecule has 0 aliphatic carbocycles. The molecule has 0 radical (unpaired) electrons. The Kier molecular flexibility index (Phi) is 19.3. The third-order valence-corrected chi connectivity index (χ3v) is 4.14. The van der Waals surface area contributed by atoms with E-state index in [-0.39, 0.29) is 5.75 Å². The molecule has 2 N–H and O–H groups in total. The molecule has 2 aromatic rings. The maximum atomic E-state index is 12.3. The van der Waals surface area contributed by atoms with E-state index in [0.717, 1.165) is 41.8 Å². The van der Waals surface area contributed by atoms with Crippen LogP contribution in [-0.4, -0.2) is 21.1 Å². The maximum absolute atomic E-state index is 12.3. The van der Waals surface area contributed by atoms with E-state index in [1.807, 2.05) is 39.0 Å². The molecule has 1 aromatic carbocycles. The molecular formula is C28H43FN2O2. The summed E-state index contributed by atoms with van der Waals surface area (Å²) in [6.07, 6.45) is 10.7. The Morgan fingerprint density at radius 3 is 2.27 bits per heavy atom. The molecule has 0 unspecified atom stereocenters. The summed E-state index contributed by atoms with van der Waals surface area (Å²) in [5.74, 6) is -0.0701. The van der Waals surface area contributed by atoms with Crippen LogP contribution in [0.2, 0.25) is 0 Å². The predicted octanol–water partition coefficient (Wildman–Crippen LogP) is 8.31. The number of hydrogen-bond donors (Lipinski definition) is 2. The van der Waals surface area contributed by atoms with Gasteiger partial charge in [0.1, 0.15) is 5.78 Å². The highest BCUT2D eigenvalue weighted by Gasteiger charge is 2.06. The zero-order valence-corrected chi connectivity index (χ0v) is 21.7. The van der Waals surface area contributed by atoms with Gasteiger partial charge in [-0.2, -0.15) is 5.10 Å². The van der Waals surface area contributed by atoms with Crippen LogP contribution in [0.3, 0.4) is 0 Å². The number of Topliss-reactive ketones (excluding diaryl/α,β-unsaturated/α-hetero) is 1. The second-order valence-electron chi connectivity index (χ2n) is 7.48. The summed E-state index contributed by atoms with van der Waals surface area (Å²) in [5.41, 5.74) is 4.02. The van der Waals surface area contributed by atoms with Gasteiger partial charge in [0.25, 0.3) is 0 Å². The molecule has 1 heterocycles. The van der Waals surface area contributed by atoms with Gasteiger partial charge in [0.2, 0.25) is 0 Å². The normalized spacial score (nSPS) is 10.4. The van der Waals surface area contributed by atoms with Crippen molar-refractivity contribution in [1.29, 1.82) is 0 Å². The fraction of sp³-hybridized carbons (Fsp3) is 0.429. The van der Waals surface area contributed by atoms with Crippen LogP contribution < -0.4 is 0 Å². The van der Waals surface area contributed by atoms with E-state index in [0.29, 0.717) is 11.7 Å². The average molecular weight is 459 g/mol. The number of ketones is 1. The molecule has 0 bridgehead atoms. The van der Waals surface area contributed by atoms with Gasteiger partial charge in [-0.05, 0) is 56.9 Å². The van der Waals surface area contributed by atoms with Crippen LogP contribution in [0.1, 0.15) is 90.6 Å². The monoisotopic (exact) mass is 458 g/mol.